The van der Waals surface area contributed by atoms with E-state index in [0.29, 0.717) is 51.3 Å². The number of carbonyl (C=O) groups is 3. The topological polar surface area (TPSA) is 200 Å². The third-order valence-corrected chi connectivity index (χ3v) is 10.1. The fraction of sp³-hybridized carbons (Fsp3) is 0.316. The number of hydrogen-bond acceptors (Lipinski definition) is 10. The summed E-state index contributed by atoms with van der Waals surface area (Å²) in [5.41, 5.74) is 5.80. The van der Waals surface area contributed by atoms with Crippen LogP contribution in [0.3, 0.4) is 0 Å². The van der Waals surface area contributed by atoms with Crippen molar-refractivity contribution < 1.29 is 44.3 Å². The van der Waals surface area contributed by atoms with Gasteiger partial charge in [-0.1, -0.05) is 75.5 Å². The smallest absolute Gasteiger partial charge is 0.306 e. The van der Waals surface area contributed by atoms with E-state index in [1.807, 2.05) is 30.3 Å². The van der Waals surface area contributed by atoms with Crippen LogP contribution in [0.25, 0.3) is 11.1 Å². The van der Waals surface area contributed by atoms with Crippen molar-refractivity contribution in [3.63, 3.8) is 0 Å². The fourth-order valence-corrected chi connectivity index (χ4v) is 7.23. The van der Waals surface area contributed by atoms with Gasteiger partial charge in [0.2, 0.25) is 11.8 Å². The number of halogens is 3. The molecule has 0 radical (unpaired) electrons. The van der Waals surface area contributed by atoms with Crippen LogP contribution in [0.15, 0.2) is 65.1 Å². The summed E-state index contributed by atoms with van der Waals surface area (Å²) in [7, 11) is 1.47. The van der Waals surface area contributed by atoms with Crippen molar-refractivity contribution in [1.29, 1.82) is 0 Å². The van der Waals surface area contributed by atoms with Crippen LogP contribution in [0.1, 0.15) is 58.0 Å². The Labute approximate surface area is 329 Å². The number of hydrogen-bond donors (Lipinski definition) is 7. The second-order valence-electron chi connectivity index (χ2n) is 12.7. The van der Waals surface area contributed by atoms with E-state index in [0.717, 1.165) is 22.3 Å². The SMILES string of the molecule is COc1nc(O[C@H]2CCc3c(-c4cccc(C(=O)Nc5ccc(CNCC(O)CC(=O)O)c(Br)c5)c4Cl)cccc32)c(Cl)cc1CNCC(O)CC(=O)O. The van der Waals surface area contributed by atoms with Gasteiger partial charge < -0.3 is 45.9 Å². The van der Waals surface area contributed by atoms with Gasteiger partial charge in [0, 0.05) is 47.5 Å². The first kappa shape index (κ1) is 40.9. The summed E-state index contributed by atoms with van der Waals surface area (Å²) in [6.07, 6.45) is -1.85. The number of aliphatic carboxylic acids is 2. The van der Waals surface area contributed by atoms with Crippen molar-refractivity contribution >= 4 is 62.7 Å². The maximum Gasteiger partial charge on any atom is 0.306 e. The number of aliphatic hydroxyl groups is 2. The molecule has 0 saturated carbocycles. The highest BCUT2D eigenvalue weighted by atomic mass is 79.9. The Morgan fingerprint density at radius 2 is 1.54 bits per heavy atom. The number of benzene rings is 3. The highest BCUT2D eigenvalue weighted by molar-refractivity contribution is 9.10. The standard InChI is InChI=1S/C38H39BrCl2N4O9/c1-53-37-21(17-43-19-24(47)15-34(50)51)12-31(40)38(45-37)54-32-11-10-26-25(4-2-5-27(26)32)28-6-3-7-29(35(28)41)36(52)44-22-9-8-20(30(39)13-22)16-42-18-23(46)14-33(48)49/h2-9,12-13,23-24,32,42-43,46-47H,10-11,14-19H2,1H3,(H,44,52)(H,48,49)(H,50,51)/t23?,24?,32-/m0/s1. The Balaban J connectivity index is 1.27. The molecule has 3 aromatic carbocycles. The zero-order chi connectivity index (χ0) is 38.9. The van der Waals surface area contributed by atoms with E-state index in [4.69, 9.17) is 42.9 Å². The average Bonchev–Trinajstić information content (AvgIpc) is 3.52. The predicted molar refractivity (Wildman–Crippen MR) is 206 cm³/mol. The summed E-state index contributed by atoms with van der Waals surface area (Å²) >= 11 is 17.1. The van der Waals surface area contributed by atoms with Gasteiger partial charge in [-0.05, 0) is 59.4 Å². The molecule has 1 aliphatic carbocycles. The molecule has 0 fully saturated rings. The third-order valence-electron chi connectivity index (χ3n) is 8.70. The highest BCUT2D eigenvalue weighted by Gasteiger charge is 2.29. The molecule has 1 heterocycles. The van der Waals surface area contributed by atoms with Gasteiger partial charge >= 0.3 is 11.9 Å². The van der Waals surface area contributed by atoms with Gasteiger partial charge in [0.15, 0.2) is 0 Å². The molecule has 54 heavy (non-hydrogen) atoms. The first-order chi connectivity index (χ1) is 25.8. The number of methoxy groups -OCH3 is 1. The number of amides is 1. The molecule has 3 atom stereocenters. The lowest BCUT2D eigenvalue weighted by atomic mass is 9.95. The Hall–Kier alpha value is -4.28. The first-order valence-electron chi connectivity index (χ1n) is 17.0. The van der Waals surface area contributed by atoms with Crippen LogP contribution < -0.4 is 25.4 Å². The van der Waals surface area contributed by atoms with Crippen LogP contribution >= 0.6 is 39.1 Å². The Morgan fingerprint density at radius 1 is 0.889 bits per heavy atom. The molecule has 1 aliphatic rings. The van der Waals surface area contributed by atoms with Gasteiger partial charge in [-0.15, -0.1) is 0 Å². The van der Waals surface area contributed by atoms with Crippen molar-refractivity contribution in [1.82, 2.24) is 15.6 Å². The van der Waals surface area contributed by atoms with Crippen LogP contribution in [0.2, 0.25) is 10.0 Å². The number of pyridine rings is 1. The largest absolute Gasteiger partial charge is 0.481 e. The van der Waals surface area contributed by atoms with Crippen molar-refractivity contribution in [2.45, 2.75) is 57.1 Å². The number of aromatic nitrogens is 1. The number of rotatable bonds is 18. The van der Waals surface area contributed by atoms with E-state index < -0.39 is 30.1 Å². The van der Waals surface area contributed by atoms with Crippen molar-refractivity contribution in [2.75, 3.05) is 25.5 Å². The summed E-state index contributed by atoms with van der Waals surface area (Å²) in [4.78, 5) is 39.6. The number of nitrogens with one attached hydrogen (secondary N) is 3. The molecule has 5 rings (SSSR count). The fourth-order valence-electron chi connectivity index (χ4n) is 6.18. The van der Waals surface area contributed by atoms with E-state index in [9.17, 15) is 24.6 Å². The lowest BCUT2D eigenvalue weighted by Gasteiger charge is -2.18. The van der Waals surface area contributed by atoms with Gasteiger partial charge in [0.1, 0.15) is 11.1 Å². The summed E-state index contributed by atoms with van der Waals surface area (Å²) < 4.78 is 12.5. The molecule has 0 spiro atoms. The van der Waals surface area contributed by atoms with E-state index >= 15 is 0 Å². The van der Waals surface area contributed by atoms with Crippen LogP contribution in [0.5, 0.6) is 11.8 Å². The van der Waals surface area contributed by atoms with E-state index in [-0.39, 0.29) is 55.4 Å². The second-order valence-corrected chi connectivity index (χ2v) is 14.3. The van der Waals surface area contributed by atoms with Crippen LogP contribution in [-0.4, -0.2) is 75.7 Å². The molecule has 7 N–H and O–H groups in total. The van der Waals surface area contributed by atoms with Gasteiger partial charge in [-0.25, -0.2) is 0 Å². The molecule has 1 amide bonds. The van der Waals surface area contributed by atoms with Crippen LogP contribution in [-0.2, 0) is 29.1 Å². The molecule has 16 heteroatoms. The van der Waals surface area contributed by atoms with Crippen molar-refractivity contribution in [3.05, 3.63) is 103 Å². The Bertz CT molecular complexity index is 2020. The molecule has 13 nitrogen and oxygen atoms in total. The maximum absolute atomic E-state index is 13.5. The van der Waals surface area contributed by atoms with Gasteiger partial charge in [0.05, 0.1) is 42.7 Å². The highest BCUT2D eigenvalue weighted by Crippen LogP contribution is 2.43. The average molecular weight is 847 g/mol. The van der Waals surface area contributed by atoms with E-state index in [2.05, 4.69) is 36.9 Å². The molecular weight excluding hydrogens is 807 g/mol. The molecule has 0 bridgehead atoms. The van der Waals surface area contributed by atoms with E-state index in [1.165, 1.54) is 7.11 Å². The summed E-state index contributed by atoms with van der Waals surface area (Å²) in [5, 5.41) is 46.8. The summed E-state index contributed by atoms with van der Waals surface area (Å²) in [6, 6.07) is 18.1. The molecule has 0 aliphatic heterocycles. The number of carboxylic acid groups (broad SMARTS) is 2. The summed E-state index contributed by atoms with van der Waals surface area (Å²) in [5.74, 6) is -2.10. The van der Waals surface area contributed by atoms with Crippen LogP contribution in [0, 0.1) is 0 Å². The monoisotopic (exact) mass is 844 g/mol. The Kier molecular flexibility index (Phi) is 14.3. The number of aliphatic hydroxyl groups excluding tert-OH is 2. The van der Waals surface area contributed by atoms with Gasteiger partial charge in [0.25, 0.3) is 5.91 Å². The third kappa shape index (κ3) is 10.5. The molecule has 2 unspecified atom stereocenters. The van der Waals surface area contributed by atoms with E-state index in [1.54, 1.807) is 30.3 Å². The predicted octanol–water partition coefficient (Wildman–Crippen LogP) is 6.00. The number of carboxylic acids is 2. The number of nitrogens with zero attached hydrogens (tertiary/aromatic N) is 1. The lowest BCUT2D eigenvalue weighted by molar-refractivity contribution is -0.140. The van der Waals surface area contributed by atoms with Crippen molar-refractivity contribution in [3.8, 4) is 22.9 Å². The quantitative estimate of drug-likeness (QED) is 0.0618. The zero-order valence-electron chi connectivity index (χ0n) is 29.1. The van der Waals surface area contributed by atoms with Gasteiger partial charge in [-0.2, -0.15) is 4.98 Å². The number of ether oxygens (including phenoxy) is 2. The minimum absolute atomic E-state index is 0.0580. The minimum atomic E-state index is -1.09. The maximum atomic E-state index is 13.5. The lowest BCUT2D eigenvalue weighted by Crippen LogP contribution is -2.28. The number of anilines is 1. The normalized spacial score (nSPS) is 14.6. The number of carbonyl (C=O) groups excluding carboxylic acids is 1. The van der Waals surface area contributed by atoms with Crippen LogP contribution in [0.4, 0.5) is 5.69 Å². The van der Waals surface area contributed by atoms with Crippen molar-refractivity contribution in [2.24, 2.45) is 0 Å². The zero-order valence-corrected chi connectivity index (χ0v) is 32.2. The molecular formula is C38H39BrCl2N4O9. The summed E-state index contributed by atoms with van der Waals surface area (Å²) in [6.45, 7) is 0.779. The minimum Gasteiger partial charge on any atom is -0.481 e. The second kappa shape index (κ2) is 18.8. The number of fused-ring (bicyclic) bond motifs is 1. The molecule has 0 saturated heterocycles. The molecule has 4 aromatic rings. The van der Waals surface area contributed by atoms with Gasteiger partial charge in [-0.3, -0.25) is 14.4 Å². The first-order valence-corrected chi connectivity index (χ1v) is 18.5. The Morgan fingerprint density at radius 3 is 2.19 bits per heavy atom. The molecule has 1 aromatic heterocycles. The molecule has 286 valence electrons.